The molecular weight excluding hydrogens is 224 g/mol. The molecule has 0 fully saturated rings. The highest BCUT2D eigenvalue weighted by Crippen LogP contribution is 2.04. The SMILES string of the molecule is Cl.NCc1ccn(-c2ccccc2)c(=O)c1. The summed E-state index contributed by atoms with van der Waals surface area (Å²) in [4.78, 5) is 11.7. The Kier molecular flexibility index (Phi) is 4.28. The number of hydrogen-bond donors (Lipinski definition) is 1. The monoisotopic (exact) mass is 236 g/mol. The second-order valence-electron chi connectivity index (χ2n) is 3.28. The van der Waals surface area contributed by atoms with Crippen LogP contribution in [0.15, 0.2) is 53.5 Å². The number of benzene rings is 1. The van der Waals surface area contributed by atoms with Gasteiger partial charge in [0.2, 0.25) is 0 Å². The van der Waals surface area contributed by atoms with Crippen LogP contribution in [0.3, 0.4) is 0 Å². The molecule has 0 atom stereocenters. The molecule has 0 saturated heterocycles. The third kappa shape index (κ3) is 2.51. The van der Waals surface area contributed by atoms with Gasteiger partial charge in [0.05, 0.1) is 0 Å². The smallest absolute Gasteiger partial charge is 0.255 e. The normalized spacial score (nSPS) is 9.56. The number of aromatic nitrogens is 1. The summed E-state index contributed by atoms with van der Waals surface area (Å²) in [5.41, 5.74) is 7.13. The van der Waals surface area contributed by atoms with E-state index in [1.165, 1.54) is 0 Å². The lowest BCUT2D eigenvalue weighted by Crippen LogP contribution is -2.17. The molecule has 0 saturated carbocycles. The standard InChI is InChI=1S/C12H12N2O.ClH/c13-9-10-6-7-14(12(15)8-10)11-4-2-1-3-5-11;/h1-8H,9,13H2;1H. The summed E-state index contributed by atoms with van der Waals surface area (Å²) in [5, 5.41) is 0. The zero-order valence-electron chi connectivity index (χ0n) is 8.67. The van der Waals surface area contributed by atoms with E-state index in [1.807, 2.05) is 36.4 Å². The molecule has 16 heavy (non-hydrogen) atoms. The number of hydrogen-bond acceptors (Lipinski definition) is 2. The lowest BCUT2D eigenvalue weighted by Gasteiger charge is -2.05. The first-order valence-corrected chi connectivity index (χ1v) is 4.78. The fourth-order valence-electron chi connectivity index (χ4n) is 1.45. The number of para-hydroxylation sites is 1. The van der Waals surface area contributed by atoms with Gasteiger partial charge in [0.25, 0.3) is 5.56 Å². The quantitative estimate of drug-likeness (QED) is 0.863. The third-order valence-corrected chi connectivity index (χ3v) is 2.25. The molecule has 1 aromatic carbocycles. The van der Waals surface area contributed by atoms with Crippen LogP contribution in [0, 0.1) is 0 Å². The summed E-state index contributed by atoms with van der Waals surface area (Å²) < 4.78 is 1.60. The molecule has 0 aliphatic rings. The van der Waals surface area contributed by atoms with Crippen LogP contribution in [0.4, 0.5) is 0 Å². The Bertz CT molecular complexity index is 508. The van der Waals surface area contributed by atoms with E-state index < -0.39 is 0 Å². The van der Waals surface area contributed by atoms with Gasteiger partial charge in [-0.05, 0) is 23.8 Å². The number of pyridine rings is 1. The molecule has 0 unspecified atom stereocenters. The summed E-state index contributed by atoms with van der Waals surface area (Å²) in [7, 11) is 0. The predicted octanol–water partition coefficient (Wildman–Crippen LogP) is 1.72. The Hall–Kier alpha value is -1.58. The van der Waals surface area contributed by atoms with Crippen LogP contribution in [0.2, 0.25) is 0 Å². The van der Waals surface area contributed by atoms with Crippen molar-refractivity contribution in [2.75, 3.05) is 0 Å². The Balaban J connectivity index is 0.00000128. The molecule has 0 spiro atoms. The largest absolute Gasteiger partial charge is 0.326 e. The number of halogens is 1. The molecule has 0 aliphatic carbocycles. The average Bonchev–Trinajstić information content (AvgIpc) is 2.30. The van der Waals surface area contributed by atoms with E-state index >= 15 is 0 Å². The fraction of sp³-hybridized carbons (Fsp3) is 0.0833. The number of nitrogens with zero attached hydrogens (tertiary/aromatic N) is 1. The van der Waals surface area contributed by atoms with E-state index in [0.717, 1.165) is 11.3 Å². The van der Waals surface area contributed by atoms with Crippen molar-refractivity contribution < 1.29 is 0 Å². The van der Waals surface area contributed by atoms with Crippen LogP contribution in [0.5, 0.6) is 0 Å². The van der Waals surface area contributed by atoms with Crippen molar-refractivity contribution in [3.8, 4) is 5.69 Å². The molecule has 1 aromatic heterocycles. The first-order chi connectivity index (χ1) is 7.31. The molecule has 4 heteroatoms. The first-order valence-electron chi connectivity index (χ1n) is 4.78. The Labute approximate surface area is 99.9 Å². The van der Waals surface area contributed by atoms with E-state index in [0.29, 0.717) is 6.54 Å². The highest BCUT2D eigenvalue weighted by Gasteiger charge is 1.98. The van der Waals surface area contributed by atoms with E-state index in [2.05, 4.69) is 0 Å². The zero-order chi connectivity index (χ0) is 10.7. The van der Waals surface area contributed by atoms with E-state index in [4.69, 9.17) is 5.73 Å². The van der Waals surface area contributed by atoms with Gasteiger partial charge in [-0.1, -0.05) is 18.2 Å². The van der Waals surface area contributed by atoms with Gasteiger partial charge in [-0.15, -0.1) is 12.4 Å². The molecule has 3 nitrogen and oxygen atoms in total. The highest BCUT2D eigenvalue weighted by molar-refractivity contribution is 5.85. The van der Waals surface area contributed by atoms with Crippen molar-refractivity contribution in [2.24, 2.45) is 5.73 Å². The highest BCUT2D eigenvalue weighted by atomic mass is 35.5. The van der Waals surface area contributed by atoms with Crippen molar-refractivity contribution in [1.29, 1.82) is 0 Å². The van der Waals surface area contributed by atoms with Crippen molar-refractivity contribution in [2.45, 2.75) is 6.54 Å². The minimum Gasteiger partial charge on any atom is -0.326 e. The van der Waals surface area contributed by atoms with Gasteiger partial charge in [0.1, 0.15) is 0 Å². The van der Waals surface area contributed by atoms with Gasteiger partial charge < -0.3 is 5.73 Å². The van der Waals surface area contributed by atoms with Crippen LogP contribution in [0.25, 0.3) is 5.69 Å². The molecule has 0 radical (unpaired) electrons. The van der Waals surface area contributed by atoms with Crippen molar-refractivity contribution in [3.05, 3.63) is 64.6 Å². The molecule has 2 N–H and O–H groups in total. The maximum atomic E-state index is 11.7. The van der Waals surface area contributed by atoms with E-state index in [1.54, 1.807) is 16.8 Å². The van der Waals surface area contributed by atoms with E-state index in [9.17, 15) is 4.79 Å². The minimum absolute atomic E-state index is 0. The van der Waals surface area contributed by atoms with Gasteiger partial charge in [-0.25, -0.2) is 0 Å². The number of nitrogens with two attached hydrogens (primary N) is 1. The van der Waals surface area contributed by atoms with Crippen LogP contribution in [-0.2, 0) is 6.54 Å². The second kappa shape index (κ2) is 5.49. The topological polar surface area (TPSA) is 48.0 Å². The van der Waals surface area contributed by atoms with Gasteiger partial charge in [-0.2, -0.15) is 0 Å². The van der Waals surface area contributed by atoms with E-state index in [-0.39, 0.29) is 18.0 Å². The van der Waals surface area contributed by atoms with Gasteiger partial charge in [0, 0.05) is 24.5 Å². The molecule has 0 bridgehead atoms. The van der Waals surface area contributed by atoms with Crippen LogP contribution in [0.1, 0.15) is 5.56 Å². The first kappa shape index (κ1) is 12.5. The average molecular weight is 237 g/mol. The summed E-state index contributed by atoms with van der Waals surface area (Å²) in [6, 6.07) is 12.9. The predicted molar refractivity (Wildman–Crippen MR) is 67.2 cm³/mol. The van der Waals surface area contributed by atoms with Crippen LogP contribution < -0.4 is 11.3 Å². The van der Waals surface area contributed by atoms with Crippen molar-refractivity contribution in [1.82, 2.24) is 4.57 Å². The Morgan fingerprint density at radius 3 is 2.38 bits per heavy atom. The van der Waals surface area contributed by atoms with Gasteiger partial charge in [0.15, 0.2) is 0 Å². The van der Waals surface area contributed by atoms with Crippen molar-refractivity contribution >= 4 is 12.4 Å². The third-order valence-electron chi connectivity index (χ3n) is 2.25. The molecule has 0 amide bonds. The Morgan fingerprint density at radius 2 is 1.81 bits per heavy atom. The lowest BCUT2D eigenvalue weighted by atomic mass is 10.2. The maximum absolute atomic E-state index is 11.7. The summed E-state index contributed by atoms with van der Waals surface area (Å²) in [6.45, 7) is 0.394. The molecule has 2 rings (SSSR count). The minimum atomic E-state index is -0.0517. The lowest BCUT2D eigenvalue weighted by molar-refractivity contribution is 0.956. The maximum Gasteiger partial charge on any atom is 0.255 e. The summed E-state index contributed by atoms with van der Waals surface area (Å²) >= 11 is 0. The summed E-state index contributed by atoms with van der Waals surface area (Å²) in [5.74, 6) is 0. The molecule has 0 aliphatic heterocycles. The summed E-state index contributed by atoms with van der Waals surface area (Å²) in [6.07, 6.45) is 1.75. The fourth-order valence-corrected chi connectivity index (χ4v) is 1.45. The molecular formula is C12H13ClN2O. The molecule has 84 valence electrons. The van der Waals surface area contributed by atoms with Crippen molar-refractivity contribution in [3.63, 3.8) is 0 Å². The van der Waals surface area contributed by atoms with Gasteiger partial charge in [-0.3, -0.25) is 9.36 Å². The molecule has 1 heterocycles. The van der Waals surface area contributed by atoms with Gasteiger partial charge >= 0.3 is 0 Å². The Morgan fingerprint density at radius 1 is 1.12 bits per heavy atom. The van der Waals surface area contributed by atoms with Crippen LogP contribution in [-0.4, -0.2) is 4.57 Å². The second-order valence-corrected chi connectivity index (χ2v) is 3.28. The number of rotatable bonds is 2. The molecule has 2 aromatic rings. The zero-order valence-corrected chi connectivity index (χ0v) is 9.48. The van der Waals surface area contributed by atoms with Crippen LogP contribution >= 0.6 is 12.4 Å².